The molecule has 0 unspecified atom stereocenters. The third-order valence-electron chi connectivity index (χ3n) is 5.65. The average Bonchev–Trinajstić information content (AvgIpc) is 2.89. The molecule has 182 valence electrons. The Hall–Kier alpha value is -4.50. The Kier molecular flexibility index (Phi) is 6.84. The smallest absolute Gasteiger partial charge is 0.269 e. The number of aromatic nitrogens is 4. The Labute approximate surface area is 209 Å². The zero-order chi connectivity index (χ0) is 25.9. The van der Waals surface area contributed by atoms with Gasteiger partial charge in [0.25, 0.3) is 11.8 Å². The van der Waals surface area contributed by atoms with E-state index in [-0.39, 0.29) is 17.5 Å². The minimum atomic E-state index is -0.657. The third-order valence-corrected chi connectivity index (χ3v) is 5.65. The fourth-order valence-corrected chi connectivity index (χ4v) is 3.63. The Morgan fingerprint density at radius 1 is 0.917 bits per heavy atom. The maximum Gasteiger partial charge on any atom is 0.269 e. The van der Waals surface area contributed by atoms with Crippen LogP contribution in [0.3, 0.4) is 0 Å². The number of carbonyl (C=O) groups excluding carboxylic acids is 2. The van der Waals surface area contributed by atoms with Gasteiger partial charge in [-0.1, -0.05) is 6.07 Å². The number of hydrogen-bond acceptors (Lipinski definition) is 7. The van der Waals surface area contributed by atoms with Crippen LogP contribution in [0.1, 0.15) is 46.0 Å². The van der Waals surface area contributed by atoms with Crippen LogP contribution in [0.25, 0.3) is 22.4 Å². The summed E-state index contributed by atoms with van der Waals surface area (Å²) >= 11 is 0. The van der Waals surface area contributed by atoms with E-state index in [1.165, 1.54) is 6.33 Å². The van der Waals surface area contributed by atoms with Crippen molar-refractivity contribution in [3.05, 3.63) is 89.9 Å². The first kappa shape index (κ1) is 24.6. The number of aryl methyl sites for hydroxylation is 1. The summed E-state index contributed by atoms with van der Waals surface area (Å²) in [7, 11) is 1.55. The van der Waals surface area contributed by atoms with Gasteiger partial charge in [0.2, 0.25) is 0 Å². The molecule has 0 saturated carbocycles. The van der Waals surface area contributed by atoms with Gasteiger partial charge in [-0.2, -0.15) is 0 Å². The van der Waals surface area contributed by atoms with E-state index in [9.17, 15) is 9.59 Å². The highest BCUT2D eigenvalue weighted by molar-refractivity contribution is 6.04. The SMILES string of the molecule is CNC(=O)c1cc(-c2cncc(-c3cc(NC(=O)c4ccnc(C(C)(C)N)c4)ccc3C)c2)ncn1. The highest BCUT2D eigenvalue weighted by Crippen LogP contribution is 2.29. The molecule has 1 aromatic carbocycles. The fraction of sp³-hybridized carbons (Fsp3) is 0.185. The molecule has 36 heavy (non-hydrogen) atoms. The maximum absolute atomic E-state index is 12.9. The number of pyridine rings is 2. The predicted octanol–water partition coefficient (Wildman–Crippen LogP) is 3.71. The van der Waals surface area contributed by atoms with Gasteiger partial charge >= 0.3 is 0 Å². The van der Waals surface area contributed by atoms with Crippen molar-refractivity contribution in [2.75, 3.05) is 12.4 Å². The van der Waals surface area contributed by atoms with Gasteiger partial charge in [0, 0.05) is 48.0 Å². The molecule has 9 nitrogen and oxygen atoms in total. The van der Waals surface area contributed by atoms with Crippen molar-refractivity contribution in [3.63, 3.8) is 0 Å². The number of benzene rings is 1. The number of carbonyl (C=O) groups is 2. The van der Waals surface area contributed by atoms with Crippen LogP contribution in [0.15, 0.2) is 67.4 Å². The first-order chi connectivity index (χ1) is 17.2. The number of rotatable bonds is 6. The molecule has 0 fully saturated rings. The van der Waals surface area contributed by atoms with Gasteiger partial charge < -0.3 is 16.4 Å². The van der Waals surface area contributed by atoms with E-state index < -0.39 is 5.54 Å². The van der Waals surface area contributed by atoms with Gasteiger partial charge in [-0.15, -0.1) is 0 Å². The largest absolute Gasteiger partial charge is 0.354 e. The van der Waals surface area contributed by atoms with Crippen molar-refractivity contribution in [3.8, 4) is 22.4 Å². The zero-order valence-electron chi connectivity index (χ0n) is 20.5. The molecule has 0 aliphatic carbocycles. The number of amides is 2. The van der Waals surface area contributed by atoms with Crippen LogP contribution < -0.4 is 16.4 Å². The molecule has 4 aromatic rings. The van der Waals surface area contributed by atoms with Gasteiger partial charge in [-0.3, -0.25) is 19.6 Å². The normalized spacial score (nSPS) is 11.1. The van der Waals surface area contributed by atoms with E-state index in [1.807, 2.05) is 45.0 Å². The third kappa shape index (κ3) is 5.42. The Morgan fingerprint density at radius 2 is 1.69 bits per heavy atom. The molecule has 0 aliphatic rings. The maximum atomic E-state index is 12.9. The summed E-state index contributed by atoms with van der Waals surface area (Å²) < 4.78 is 0. The predicted molar refractivity (Wildman–Crippen MR) is 138 cm³/mol. The first-order valence-electron chi connectivity index (χ1n) is 11.3. The summed E-state index contributed by atoms with van der Waals surface area (Å²) in [6, 6.07) is 12.6. The number of nitrogens with two attached hydrogens (primary N) is 1. The lowest BCUT2D eigenvalue weighted by atomic mass is 9.99. The molecule has 9 heteroatoms. The van der Waals surface area contributed by atoms with Crippen molar-refractivity contribution in [2.24, 2.45) is 5.73 Å². The molecule has 0 atom stereocenters. The lowest BCUT2D eigenvalue weighted by Gasteiger charge is -2.18. The van der Waals surface area contributed by atoms with Gasteiger partial charge in [-0.25, -0.2) is 9.97 Å². The molecule has 4 rings (SSSR count). The lowest BCUT2D eigenvalue weighted by molar-refractivity contribution is 0.0957. The molecule has 3 aromatic heterocycles. The molecule has 4 N–H and O–H groups in total. The minimum Gasteiger partial charge on any atom is -0.354 e. The molecule has 0 saturated heterocycles. The molecule has 0 bridgehead atoms. The van der Waals surface area contributed by atoms with Crippen LogP contribution in [-0.2, 0) is 5.54 Å². The van der Waals surface area contributed by atoms with Crippen LogP contribution in [0, 0.1) is 6.92 Å². The first-order valence-corrected chi connectivity index (χ1v) is 11.3. The van der Waals surface area contributed by atoms with E-state index in [2.05, 4.69) is 30.6 Å². The van der Waals surface area contributed by atoms with Crippen LogP contribution in [-0.4, -0.2) is 38.8 Å². The summed E-state index contributed by atoms with van der Waals surface area (Å²) in [6.45, 7) is 5.67. The highest BCUT2D eigenvalue weighted by atomic mass is 16.2. The lowest BCUT2D eigenvalue weighted by Crippen LogP contribution is -2.30. The number of hydrogen-bond donors (Lipinski definition) is 3. The van der Waals surface area contributed by atoms with Crippen LogP contribution in [0.5, 0.6) is 0 Å². The number of nitrogens with one attached hydrogen (secondary N) is 2. The second-order valence-corrected chi connectivity index (χ2v) is 8.97. The molecular weight excluding hydrogens is 454 g/mol. The fourth-order valence-electron chi connectivity index (χ4n) is 3.63. The Balaban J connectivity index is 1.63. The summed E-state index contributed by atoms with van der Waals surface area (Å²) in [5.41, 5.74) is 11.6. The van der Waals surface area contributed by atoms with E-state index in [4.69, 9.17) is 5.73 Å². The van der Waals surface area contributed by atoms with Crippen molar-refractivity contribution in [1.82, 2.24) is 25.3 Å². The molecule has 3 heterocycles. The number of nitrogens with zero attached hydrogens (tertiary/aromatic N) is 4. The molecule has 0 spiro atoms. The molecule has 2 amide bonds. The van der Waals surface area contributed by atoms with Crippen LogP contribution >= 0.6 is 0 Å². The topological polar surface area (TPSA) is 136 Å². The number of anilines is 1. The van der Waals surface area contributed by atoms with Crippen LogP contribution in [0.2, 0.25) is 0 Å². The van der Waals surface area contributed by atoms with Crippen molar-refractivity contribution < 1.29 is 9.59 Å². The quantitative estimate of drug-likeness (QED) is 0.382. The van der Waals surface area contributed by atoms with E-state index in [1.54, 1.807) is 43.8 Å². The van der Waals surface area contributed by atoms with E-state index in [0.29, 0.717) is 22.6 Å². The Bertz CT molecular complexity index is 1440. The van der Waals surface area contributed by atoms with Crippen LogP contribution in [0.4, 0.5) is 5.69 Å². The van der Waals surface area contributed by atoms with Gasteiger partial charge in [0.15, 0.2) is 0 Å². The standard InChI is InChI=1S/C27H27N7O2/c1-16-5-6-20(34-25(35)17-7-8-31-24(10-17)27(2,3)28)11-21(16)18-9-19(14-30-13-18)22-12-23(26(36)29-4)33-15-32-22/h5-15H,28H2,1-4H3,(H,29,36)(H,34,35). The van der Waals surface area contributed by atoms with Gasteiger partial charge in [-0.05, 0) is 68.3 Å². The summed E-state index contributed by atoms with van der Waals surface area (Å²) in [6.07, 6.45) is 6.36. The van der Waals surface area contributed by atoms with Gasteiger partial charge in [0.1, 0.15) is 12.0 Å². The average molecular weight is 482 g/mol. The van der Waals surface area contributed by atoms with Gasteiger partial charge in [0.05, 0.1) is 16.9 Å². The van der Waals surface area contributed by atoms with E-state index in [0.717, 1.165) is 22.3 Å². The van der Waals surface area contributed by atoms with Crippen molar-refractivity contribution in [1.29, 1.82) is 0 Å². The summed E-state index contributed by atoms with van der Waals surface area (Å²) in [5, 5.41) is 5.51. The van der Waals surface area contributed by atoms with Crippen molar-refractivity contribution >= 4 is 17.5 Å². The molecular formula is C27H27N7O2. The minimum absolute atomic E-state index is 0.257. The van der Waals surface area contributed by atoms with E-state index >= 15 is 0 Å². The summed E-state index contributed by atoms with van der Waals surface area (Å²) in [5.74, 6) is -0.550. The Morgan fingerprint density at radius 3 is 2.44 bits per heavy atom. The second kappa shape index (κ2) is 10.0. The monoisotopic (exact) mass is 481 g/mol. The molecule has 0 radical (unpaired) electrons. The van der Waals surface area contributed by atoms with Crippen molar-refractivity contribution in [2.45, 2.75) is 26.3 Å². The second-order valence-electron chi connectivity index (χ2n) is 8.97. The zero-order valence-corrected chi connectivity index (χ0v) is 20.5. The molecule has 0 aliphatic heterocycles. The highest BCUT2D eigenvalue weighted by Gasteiger charge is 2.18. The summed E-state index contributed by atoms with van der Waals surface area (Å²) in [4.78, 5) is 41.9.